The number of pyridine rings is 1. The first-order valence-electron chi connectivity index (χ1n) is 6.88. The minimum Gasteiger partial charge on any atom is -0.503 e. The third kappa shape index (κ3) is 4.12. The van der Waals surface area contributed by atoms with Crippen LogP contribution in [0.1, 0.15) is 35.6 Å². The molecule has 124 valence electrons. The molecule has 1 aromatic heterocycles. The zero-order valence-electron chi connectivity index (χ0n) is 12.5. The van der Waals surface area contributed by atoms with E-state index in [1.165, 1.54) is 10.8 Å². The Morgan fingerprint density at radius 3 is 2.48 bits per heavy atom. The molecule has 0 spiro atoms. The largest absolute Gasteiger partial charge is 0.503 e. The SMILES string of the molecule is CCC(OC(=O)c1ccccc1)n1ccc(=O)c(O)c1CO.Cl. The average molecular weight is 340 g/mol. The van der Waals surface area contributed by atoms with Crippen molar-refractivity contribution < 1.29 is 19.7 Å². The Labute approximate surface area is 139 Å². The summed E-state index contributed by atoms with van der Waals surface area (Å²) in [5.41, 5.74) is -0.179. The fraction of sp³-hybridized carbons (Fsp3) is 0.250. The molecule has 23 heavy (non-hydrogen) atoms. The second-order valence-electron chi connectivity index (χ2n) is 4.67. The van der Waals surface area contributed by atoms with Crippen LogP contribution in [0.2, 0.25) is 0 Å². The predicted molar refractivity (Wildman–Crippen MR) is 86.7 cm³/mol. The van der Waals surface area contributed by atoms with Gasteiger partial charge in [-0.25, -0.2) is 4.79 Å². The van der Waals surface area contributed by atoms with Crippen LogP contribution in [0.15, 0.2) is 47.4 Å². The van der Waals surface area contributed by atoms with Crippen LogP contribution in [-0.2, 0) is 11.3 Å². The molecule has 0 radical (unpaired) electrons. The number of ether oxygens (including phenoxy) is 1. The Morgan fingerprint density at radius 1 is 1.26 bits per heavy atom. The number of carbonyl (C=O) groups is 1. The van der Waals surface area contributed by atoms with Gasteiger partial charge in [0.2, 0.25) is 5.43 Å². The van der Waals surface area contributed by atoms with Crippen molar-refractivity contribution in [1.29, 1.82) is 0 Å². The minimum absolute atomic E-state index is 0. The molecule has 2 rings (SSSR count). The van der Waals surface area contributed by atoms with Crippen LogP contribution >= 0.6 is 12.4 Å². The molecule has 0 saturated carbocycles. The second-order valence-corrected chi connectivity index (χ2v) is 4.67. The summed E-state index contributed by atoms with van der Waals surface area (Å²) in [4.78, 5) is 23.5. The van der Waals surface area contributed by atoms with Crippen molar-refractivity contribution in [2.24, 2.45) is 0 Å². The summed E-state index contributed by atoms with van der Waals surface area (Å²) in [5.74, 6) is -1.06. The van der Waals surface area contributed by atoms with Gasteiger partial charge in [0.15, 0.2) is 12.0 Å². The highest BCUT2D eigenvalue weighted by Crippen LogP contribution is 2.21. The molecule has 0 aliphatic carbocycles. The van der Waals surface area contributed by atoms with E-state index in [9.17, 15) is 19.8 Å². The van der Waals surface area contributed by atoms with E-state index >= 15 is 0 Å². The van der Waals surface area contributed by atoms with Crippen LogP contribution in [0, 0.1) is 0 Å². The standard InChI is InChI=1S/C16H17NO5.ClH/c1-2-14(22-16(21)11-6-4-3-5-7-11)17-9-8-13(19)15(20)12(17)10-18;/h3-9,14,18,20H,2,10H2,1H3;1H. The number of halogens is 1. The number of hydrogen-bond donors (Lipinski definition) is 2. The first kappa shape index (κ1) is 18.7. The van der Waals surface area contributed by atoms with Crippen molar-refractivity contribution in [3.63, 3.8) is 0 Å². The number of hydrogen-bond acceptors (Lipinski definition) is 5. The van der Waals surface area contributed by atoms with Gasteiger partial charge in [0.25, 0.3) is 0 Å². The van der Waals surface area contributed by atoms with Gasteiger partial charge in [-0.3, -0.25) is 4.79 Å². The third-order valence-corrected chi connectivity index (χ3v) is 3.27. The Kier molecular flexibility index (Phi) is 6.81. The number of carbonyl (C=O) groups excluding carboxylic acids is 1. The number of aromatic nitrogens is 1. The van der Waals surface area contributed by atoms with E-state index in [1.54, 1.807) is 37.3 Å². The second kappa shape index (κ2) is 8.36. The molecule has 2 aromatic rings. The van der Waals surface area contributed by atoms with Crippen molar-refractivity contribution in [2.75, 3.05) is 0 Å². The molecule has 7 heteroatoms. The van der Waals surface area contributed by atoms with E-state index < -0.39 is 30.0 Å². The van der Waals surface area contributed by atoms with Crippen molar-refractivity contribution in [3.8, 4) is 5.75 Å². The van der Waals surface area contributed by atoms with Gasteiger partial charge in [-0.1, -0.05) is 25.1 Å². The van der Waals surface area contributed by atoms with Crippen LogP contribution in [0.3, 0.4) is 0 Å². The van der Waals surface area contributed by atoms with Gasteiger partial charge in [-0.05, 0) is 12.1 Å². The van der Waals surface area contributed by atoms with Gasteiger partial charge in [-0.15, -0.1) is 12.4 Å². The van der Waals surface area contributed by atoms with Crippen LogP contribution in [0.4, 0.5) is 0 Å². The summed E-state index contributed by atoms with van der Waals surface area (Å²) in [5, 5.41) is 19.1. The molecule has 0 amide bonds. The molecule has 1 unspecified atom stereocenters. The van der Waals surface area contributed by atoms with Crippen LogP contribution < -0.4 is 5.43 Å². The quantitative estimate of drug-likeness (QED) is 0.815. The third-order valence-electron chi connectivity index (χ3n) is 3.27. The average Bonchev–Trinajstić information content (AvgIpc) is 2.55. The Balaban J connectivity index is 0.00000264. The number of esters is 1. The van der Waals surface area contributed by atoms with E-state index in [4.69, 9.17) is 4.74 Å². The number of aromatic hydroxyl groups is 1. The van der Waals surface area contributed by atoms with Gasteiger partial charge in [0, 0.05) is 18.7 Å². The highest BCUT2D eigenvalue weighted by Gasteiger charge is 2.19. The molecular formula is C16H18ClNO5. The number of aliphatic hydroxyl groups is 1. The highest BCUT2D eigenvalue weighted by atomic mass is 35.5. The Hall–Kier alpha value is -2.31. The maximum Gasteiger partial charge on any atom is 0.340 e. The van der Waals surface area contributed by atoms with Gasteiger partial charge in [0.05, 0.1) is 17.9 Å². The summed E-state index contributed by atoms with van der Waals surface area (Å²) in [6.07, 6.45) is 1.06. The molecule has 0 aliphatic rings. The van der Waals surface area contributed by atoms with Gasteiger partial charge < -0.3 is 19.5 Å². The summed E-state index contributed by atoms with van der Waals surface area (Å²) in [7, 11) is 0. The normalized spacial score (nSPS) is 11.4. The molecule has 1 atom stereocenters. The monoisotopic (exact) mass is 339 g/mol. The molecule has 1 heterocycles. The molecule has 0 aliphatic heterocycles. The molecule has 0 saturated heterocycles. The number of benzene rings is 1. The van der Waals surface area contributed by atoms with Crippen LogP contribution in [-0.4, -0.2) is 20.7 Å². The van der Waals surface area contributed by atoms with Crippen molar-refractivity contribution in [1.82, 2.24) is 4.57 Å². The molecule has 1 aromatic carbocycles. The highest BCUT2D eigenvalue weighted by molar-refractivity contribution is 5.89. The van der Waals surface area contributed by atoms with E-state index in [0.717, 1.165) is 6.07 Å². The maximum absolute atomic E-state index is 12.1. The number of rotatable bonds is 5. The van der Waals surface area contributed by atoms with Crippen molar-refractivity contribution >= 4 is 18.4 Å². The smallest absolute Gasteiger partial charge is 0.340 e. The molecule has 2 N–H and O–H groups in total. The number of aliphatic hydroxyl groups excluding tert-OH is 1. The lowest BCUT2D eigenvalue weighted by atomic mass is 10.2. The number of nitrogens with zero attached hydrogens (tertiary/aromatic N) is 1. The van der Waals surface area contributed by atoms with Gasteiger partial charge in [-0.2, -0.15) is 0 Å². The predicted octanol–water partition coefficient (Wildman–Crippen LogP) is 2.23. The van der Waals surface area contributed by atoms with E-state index in [-0.39, 0.29) is 18.1 Å². The lowest BCUT2D eigenvalue weighted by Crippen LogP contribution is -2.22. The van der Waals surface area contributed by atoms with E-state index in [2.05, 4.69) is 0 Å². The zero-order valence-corrected chi connectivity index (χ0v) is 13.3. The van der Waals surface area contributed by atoms with Gasteiger partial charge >= 0.3 is 5.97 Å². The van der Waals surface area contributed by atoms with E-state index in [1.807, 2.05) is 0 Å². The fourth-order valence-electron chi connectivity index (χ4n) is 2.11. The topological polar surface area (TPSA) is 88.8 Å². The molecule has 6 nitrogen and oxygen atoms in total. The molecule has 0 fully saturated rings. The van der Waals surface area contributed by atoms with Crippen molar-refractivity contribution in [2.45, 2.75) is 26.2 Å². The Morgan fingerprint density at radius 2 is 1.91 bits per heavy atom. The minimum atomic E-state index is -0.735. The van der Waals surface area contributed by atoms with Crippen molar-refractivity contribution in [3.05, 3.63) is 64.1 Å². The molecule has 0 bridgehead atoms. The first-order valence-corrected chi connectivity index (χ1v) is 6.88. The van der Waals surface area contributed by atoms with Gasteiger partial charge in [0.1, 0.15) is 0 Å². The summed E-state index contributed by atoms with van der Waals surface area (Å²) < 4.78 is 6.80. The van der Waals surface area contributed by atoms with Crippen LogP contribution in [0.5, 0.6) is 5.75 Å². The lowest BCUT2D eigenvalue weighted by Gasteiger charge is -2.22. The first-order chi connectivity index (χ1) is 10.6. The van der Waals surface area contributed by atoms with E-state index in [0.29, 0.717) is 12.0 Å². The summed E-state index contributed by atoms with van der Waals surface area (Å²) >= 11 is 0. The fourth-order valence-corrected chi connectivity index (χ4v) is 2.11. The molecular weight excluding hydrogens is 322 g/mol. The Bertz CT molecular complexity index is 714. The lowest BCUT2D eigenvalue weighted by molar-refractivity contribution is 0.00525. The van der Waals surface area contributed by atoms with Crippen LogP contribution in [0.25, 0.3) is 0 Å². The maximum atomic E-state index is 12.1. The zero-order chi connectivity index (χ0) is 16.1. The summed E-state index contributed by atoms with van der Waals surface area (Å²) in [6, 6.07) is 9.66. The summed E-state index contributed by atoms with van der Waals surface area (Å²) in [6.45, 7) is 1.25.